The quantitative estimate of drug-likeness (QED) is 0.330. The highest BCUT2D eigenvalue weighted by Gasteiger charge is 2.36. The van der Waals surface area contributed by atoms with Crippen molar-refractivity contribution in [2.24, 2.45) is 0 Å². The maximum Gasteiger partial charge on any atom is 0.0863 e. The number of ether oxygens (including phenoxy) is 1. The second-order valence-corrected chi connectivity index (χ2v) is 6.40. The van der Waals surface area contributed by atoms with Gasteiger partial charge in [0, 0.05) is 6.61 Å². The highest BCUT2D eigenvalue weighted by atomic mass is 16.6. The van der Waals surface area contributed by atoms with E-state index < -0.39 is 0 Å². The van der Waals surface area contributed by atoms with E-state index in [4.69, 9.17) is 9.84 Å². The first-order valence-corrected chi connectivity index (χ1v) is 9.14. The molecule has 1 fully saturated rings. The summed E-state index contributed by atoms with van der Waals surface area (Å²) < 4.78 is 5.50. The average molecular weight is 284 g/mol. The van der Waals surface area contributed by atoms with Crippen LogP contribution in [0.5, 0.6) is 0 Å². The zero-order valence-corrected chi connectivity index (χ0v) is 13.6. The second kappa shape index (κ2) is 12.6. The van der Waals surface area contributed by atoms with Gasteiger partial charge in [0.2, 0.25) is 0 Å². The van der Waals surface area contributed by atoms with Crippen molar-refractivity contribution in [3.63, 3.8) is 0 Å². The fraction of sp³-hybridized carbons (Fsp3) is 1.00. The van der Waals surface area contributed by atoms with Crippen molar-refractivity contribution in [3.05, 3.63) is 0 Å². The third-order valence-corrected chi connectivity index (χ3v) is 4.44. The Hall–Kier alpha value is -0.0800. The first kappa shape index (κ1) is 18.0. The number of rotatable bonds is 15. The zero-order chi connectivity index (χ0) is 14.5. The number of unbranched alkanes of at least 4 members (excludes halogenated alkanes) is 11. The molecule has 0 spiro atoms. The Balaban J connectivity index is 1.67. The van der Waals surface area contributed by atoms with Gasteiger partial charge >= 0.3 is 0 Å². The van der Waals surface area contributed by atoms with E-state index in [0.717, 1.165) is 6.42 Å². The van der Waals surface area contributed by atoms with Crippen LogP contribution in [0.2, 0.25) is 0 Å². The summed E-state index contributed by atoms with van der Waals surface area (Å²) in [4.78, 5) is 0. The van der Waals surface area contributed by atoms with Crippen molar-refractivity contribution in [3.8, 4) is 0 Å². The Morgan fingerprint density at radius 1 is 0.650 bits per heavy atom. The highest BCUT2D eigenvalue weighted by molar-refractivity contribution is 4.83. The molecule has 0 aromatic rings. The molecule has 1 N–H and O–H groups in total. The lowest BCUT2D eigenvalue weighted by molar-refractivity contribution is 0.262. The lowest BCUT2D eigenvalue weighted by Gasteiger charge is -2.02. The van der Waals surface area contributed by atoms with Crippen LogP contribution in [0.1, 0.15) is 96.8 Å². The Bertz CT molecular complexity index is 206. The van der Waals surface area contributed by atoms with E-state index in [-0.39, 0.29) is 6.61 Å². The summed E-state index contributed by atoms with van der Waals surface area (Å²) in [5.41, 5.74) is 0. The topological polar surface area (TPSA) is 32.8 Å². The summed E-state index contributed by atoms with van der Waals surface area (Å²) in [5.74, 6) is 0. The van der Waals surface area contributed by atoms with Crippen LogP contribution in [0.4, 0.5) is 0 Å². The Labute approximate surface area is 126 Å². The lowest BCUT2D eigenvalue weighted by atomic mass is 10.0. The first-order chi connectivity index (χ1) is 9.88. The molecule has 120 valence electrons. The van der Waals surface area contributed by atoms with E-state index in [1.165, 1.54) is 83.5 Å². The smallest absolute Gasteiger partial charge is 0.0863 e. The molecule has 1 saturated heterocycles. The molecule has 2 atom stereocenters. The molecule has 0 amide bonds. The molecule has 0 aliphatic carbocycles. The summed E-state index contributed by atoms with van der Waals surface area (Å²) in [7, 11) is 0. The van der Waals surface area contributed by atoms with Crippen molar-refractivity contribution in [1.82, 2.24) is 0 Å². The highest BCUT2D eigenvalue weighted by Crippen LogP contribution is 2.29. The number of hydrogen-bond acceptors (Lipinski definition) is 2. The molecule has 1 rings (SSSR count). The minimum Gasteiger partial charge on any atom is -0.396 e. The fourth-order valence-electron chi connectivity index (χ4n) is 3.00. The van der Waals surface area contributed by atoms with Gasteiger partial charge in [-0.1, -0.05) is 84.0 Å². The minimum atomic E-state index is 0.277. The van der Waals surface area contributed by atoms with Crippen molar-refractivity contribution in [2.45, 2.75) is 109 Å². The van der Waals surface area contributed by atoms with E-state index in [2.05, 4.69) is 6.92 Å². The summed E-state index contributed by atoms with van der Waals surface area (Å²) in [6.45, 7) is 2.56. The van der Waals surface area contributed by atoms with Gasteiger partial charge in [0.05, 0.1) is 12.2 Å². The lowest BCUT2D eigenvalue weighted by Crippen LogP contribution is -1.96. The third-order valence-electron chi connectivity index (χ3n) is 4.44. The predicted octanol–water partition coefficient (Wildman–Crippen LogP) is 5.23. The zero-order valence-electron chi connectivity index (χ0n) is 13.6. The van der Waals surface area contributed by atoms with E-state index in [1.54, 1.807) is 0 Å². The Kier molecular flexibility index (Phi) is 11.4. The van der Waals surface area contributed by atoms with Gasteiger partial charge in [-0.3, -0.25) is 0 Å². The van der Waals surface area contributed by atoms with E-state index in [1.807, 2.05) is 0 Å². The van der Waals surface area contributed by atoms with Gasteiger partial charge in [-0.2, -0.15) is 0 Å². The molecule has 20 heavy (non-hydrogen) atoms. The van der Waals surface area contributed by atoms with Crippen LogP contribution in [0.15, 0.2) is 0 Å². The van der Waals surface area contributed by atoms with Crippen LogP contribution < -0.4 is 0 Å². The molecule has 2 heteroatoms. The Morgan fingerprint density at radius 3 is 1.60 bits per heavy atom. The molecule has 2 unspecified atom stereocenters. The summed E-state index contributed by atoms with van der Waals surface area (Å²) in [5, 5.41) is 8.79. The number of aliphatic hydroxyl groups is 1. The molecule has 1 aliphatic heterocycles. The van der Waals surface area contributed by atoms with Crippen LogP contribution in [-0.2, 0) is 4.74 Å². The molecule has 0 bridgehead atoms. The van der Waals surface area contributed by atoms with Crippen LogP contribution >= 0.6 is 0 Å². The molecule has 1 heterocycles. The van der Waals surface area contributed by atoms with Gasteiger partial charge in [-0.15, -0.1) is 0 Å². The number of aliphatic hydroxyl groups excluding tert-OH is 1. The largest absolute Gasteiger partial charge is 0.396 e. The molecule has 0 aromatic heterocycles. The SMILES string of the molecule is CCCCCCCCCCCCCCC1OC1CCO. The van der Waals surface area contributed by atoms with E-state index in [9.17, 15) is 0 Å². The fourth-order valence-corrected chi connectivity index (χ4v) is 3.00. The van der Waals surface area contributed by atoms with Crippen molar-refractivity contribution in [1.29, 1.82) is 0 Å². The number of hydrogen-bond donors (Lipinski definition) is 1. The number of epoxide rings is 1. The van der Waals surface area contributed by atoms with Gasteiger partial charge in [-0.05, 0) is 12.8 Å². The monoisotopic (exact) mass is 284 g/mol. The van der Waals surface area contributed by atoms with Gasteiger partial charge < -0.3 is 9.84 Å². The molecule has 1 aliphatic rings. The maximum atomic E-state index is 8.79. The molecule has 0 radical (unpaired) electrons. The summed E-state index contributed by atoms with van der Waals surface area (Å²) in [6.07, 6.45) is 19.8. The van der Waals surface area contributed by atoms with Crippen LogP contribution in [-0.4, -0.2) is 23.9 Å². The van der Waals surface area contributed by atoms with Gasteiger partial charge in [0.1, 0.15) is 0 Å². The predicted molar refractivity (Wildman–Crippen MR) is 86.1 cm³/mol. The van der Waals surface area contributed by atoms with Crippen LogP contribution in [0, 0.1) is 0 Å². The van der Waals surface area contributed by atoms with E-state index in [0.29, 0.717) is 12.2 Å². The minimum absolute atomic E-state index is 0.277. The first-order valence-electron chi connectivity index (χ1n) is 9.14. The molecular weight excluding hydrogens is 248 g/mol. The third kappa shape index (κ3) is 9.77. The van der Waals surface area contributed by atoms with Gasteiger partial charge in [-0.25, -0.2) is 0 Å². The summed E-state index contributed by atoms with van der Waals surface area (Å²) in [6, 6.07) is 0. The average Bonchev–Trinajstić information content (AvgIpc) is 3.19. The Morgan fingerprint density at radius 2 is 1.10 bits per heavy atom. The van der Waals surface area contributed by atoms with Crippen LogP contribution in [0.3, 0.4) is 0 Å². The molecule has 2 nitrogen and oxygen atoms in total. The normalized spacial score (nSPS) is 21.3. The van der Waals surface area contributed by atoms with Crippen molar-refractivity contribution >= 4 is 0 Å². The summed E-state index contributed by atoms with van der Waals surface area (Å²) >= 11 is 0. The van der Waals surface area contributed by atoms with Crippen molar-refractivity contribution < 1.29 is 9.84 Å². The van der Waals surface area contributed by atoms with Gasteiger partial charge in [0.15, 0.2) is 0 Å². The molecule has 0 aromatic carbocycles. The second-order valence-electron chi connectivity index (χ2n) is 6.40. The molecular formula is C18H36O2. The standard InChI is InChI=1S/C18H36O2/c1-2-3-4-5-6-7-8-9-10-11-12-13-14-17-18(20-17)15-16-19/h17-19H,2-16H2,1H3. The van der Waals surface area contributed by atoms with Crippen molar-refractivity contribution in [2.75, 3.05) is 6.61 Å². The van der Waals surface area contributed by atoms with E-state index >= 15 is 0 Å². The van der Waals surface area contributed by atoms with Gasteiger partial charge in [0.25, 0.3) is 0 Å². The molecule has 0 saturated carbocycles. The maximum absolute atomic E-state index is 8.79. The van der Waals surface area contributed by atoms with Crippen LogP contribution in [0.25, 0.3) is 0 Å².